The Balaban J connectivity index is 1.64. The van der Waals surface area contributed by atoms with E-state index in [1.54, 1.807) is 42.6 Å². The zero-order chi connectivity index (χ0) is 33.9. The van der Waals surface area contributed by atoms with Crippen molar-refractivity contribution in [3.8, 4) is 22.9 Å². The summed E-state index contributed by atoms with van der Waals surface area (Å²) in [6, 6.07) is 12.7. The molecule has 0 radical (unpaired) electrons. The van der Waals surface area contributed by atoms with Gasteiger partial charge in [-0.2, -0.15) is 4.98 Å². The van der Waals surface area contributed by atoms with Crippen LogP contribution >= 0.6 is 0 Å². The standard InChI is InChI=1S/C35H42N6O5S/c1-22(2)14-24-18-36-30(37-19-24)20-41-26(17-35(4,5)6)21-46-31-16-28(32-23(3)10-8-13-29(32)45-7)38-34(39-31)40-47(43,44)27-12-9-11-25(15-27)33(41)42/h8-13,15-16,18-19,22,26H,14,17,20-21H2,1-7H3,(H,38,39,40)/t26-/m1/s1. The third-order valence-corrected chi connectivity index (χ3v) is 9.04. The highest BCUT2D eigenvalue weighted by Gasteiger charge is 2.32. The van der Waals surface area contributed by atoms with Gasteiger partial charge in [0.25, 0.3) is 15.9 Å². The molecule has 1 amide bonds. The van der Waals surface area contributed by atoms with Gasteiger partial charge in [0.15, 0.2) is 0 Å². The van der Waals surface area contributed by atoms with Crippen LogP contribution in [-0.2, 0) is 23.0 Å². The molecule has 47 heavy (non-hydrogen) atoms. The number of carbonyl (C=O) groups excluding carboxylic acids is 1. The lowest BCUT2D eigenvalue weighted by atomic mass is 9.87. The SMILES string of the molecule is COc1cccc(C)c1-c1cc2nc(n1)NS(=O)(=O)c1cccc(c1)C(=O)N(Cc1ncc(CC(C)C)cn1)[C@H](CC(C)(C)C)CO2. The Morgan fingerprint density at radius 1 is 1.06 bits per heavy atom. The van der Waals surface area contributed by atoms with E-state index in [0.717, 1.165) is 17.5 Å². The van der Waals surface area contributed by atoms with Crippen molar-refractivity contribution in [3.05, 3.63) is 83.4 Å². The number of nitrogens with one attached hydrogen (secondary N) is 1. The van der Waals surface area contributed by atoms with E-state index in [2.05, 4.69) is 59.3 Å². The predicted molar refractivity (Wildman–Crippen MR) is 180 cm³/mol. The van der Waals surface area contributed by atoms with Crippen molar-refractivity contribution in [1.29, 1.82) is 0 Å². The van der Waals surface area contributed by atoms with Crippen molar-refractivity contribution in [2.45, 2.75) is 71.9 Å². The molecule has 0 saturated heterocycles. The zero-order valence-electron chi connectivity index (χ0n) is 27.9. The van der Waals surface area contributed by atoms with Crippen molar-refractivity contribution in [1.82, 2.24) is 24.8 Å². The third kappa shape index (κ3) is 8.23. The molecule has 0 fully saturated rings. The van der Waals surface area contributed by atoms with Crippen LogP contribution in [0.2, 0.25) is 0 Å². The molecule has 1 aliphatic heterocycles. The van der Waals surface area contributed by atoms with Gasteiger partial charge in [0, 0.05) is 29.6 Å². The number of hydrogen-bond acceptors (Lipinski definition) is 9. The molecule has 0 aliphatic carbocycles. The number of methoxy groups -OCH3 is 1. The Hall–Kier alpha value is -4.58. The number of aromatic nitrogens is 4. The lowest BCUT2D eigenvalue weighted by Gasteiger charge is -2.35. The van der Waals surface area contributed by atoms with E-state index in [-0.39, 0.29) is 46.8 Å². The number of fused-ring (bicyclic) bond motifs is 4. The number of hydrogen-bond donors (Lipinski definition) is 1. The second-order valence-electron chi connectivity index (χ2n) is 13.5. The molecule has 0 spiro atoms. The molecule has 1 aliphatic rings. The van der Waals surface area contributed by atoms with Gasteiger partial charge < -0.3 is 14.4 Å². The summed E-state index contributed by atoms with van der Waals surface area (Å²) in [6.45, 7) is 12.6. The number of ether oxygens (including phenoxy) is 2. The summed E-state index contributed by atoms with van der Waals surface area (Å²) in [7, 11) is -2.63. The van der Waals surface area contributed by atoms with E-state index in [0.29, 0.717) is 35.2 Å². The molecule has 2 aromatic heterocycles. The molecule has 0 unspecified atom stereocenters. The van der Waals surface area contributed by atoms with Gasteiger partial charge in [-0.25, -0.2) is 28.1 Å². The van der Waals surface area contributed by atoms with Crippen LogP contribution in [0.5, 0.6) is 11.6 Å². The molecule has 0 saturated carbocycles. The van der Waals surface area contributed by atoms with Crippen LogP contribution in [0, 0.1) is 18.3 Å². The van der Waals surface area contributed by atoms with Crippen LogP contribution < -0.4 is 14.2 Å². The Kier molecular flexibility index (Phi) is 9.81. The molecule has 12 heteroatoms. The molecule has 11 nitrogen and oxygen atoms in total. The fraction of sp³-hybridized carbons (Fsp3) is 0.400. The third-order valence-electron chi connectivity index (χ3n) is 7.72. The number of amides is 1. The number of aryl methyl sites for hydroxylation is 1. The van der Waals surface area contributed by atoms with Crippen molar-refractivity contribution >= 4 is 21.9 Å². The van der Waals surface area contributed by atoms with Crippen LogP contribution in [0.4, 0.5) is 5.95 Å². The first-order chi connectivity index (χ1) is 22.2. The summed E-state index contributed by atoms with van der Waals surface area (Å²) in [6.07, 6.45) is 5.00. The molecular weight excluding hydrogens is 616 g/mol. The molecule has 2 aromatic carbocycles. The summed E-state index contributed by atoms with van der Waals surface area (Å²) >= 11 is 0. The number of carbonyl (C=O) groups is 1. The van der Waals surface area contributed by atoms with E-state index in [1.807, 2.05) is 25.1 Å². The zero-order valence-corrected chi connectivity index (χ0v) is 28.8. The molecule has 1 atom stereocenters. The van der Waals surface area contributed by atoms with Gasteiger partial charge in [-0.15, -0.1) is 0 Å². The Morgan fingerprint density at radius 2 is 1.79 bits per heavy atom. The normalized spacial score (nSPS) is 16.4. The van der Waals surface area contributed by atoms with Crippen LogP contribution in [-0.4, -0.2) is 58.9 Å². The largest absolute Gasteiger partial charge is 0.496 e. The van der Waals surface area contributed by atoms with Crippen LogP contribution in [0.25, 0.3) is 11.3 Å². The first-order valence-electron chi connectivity index (χ1n) is 15.6. The van der Waals surface area contributed by atoms with E-state index < -0.39 is 16.1 Å². The lowest BCUT2D eigenvalue weighted by Crippen LogP contribution is -2.45. The highest BCUT2D eigenvalue weighted by molar-refractivity contribution is 7.92. The van der Waals surface area contributed by atoms with Crippen molar-refractivity contribution < 1.29 is 22.7 Å². The van der Waals surface area contributed by atoms with E-state index in [9.17, 15) is 13.2 Å². The predicted octanol–water partition coefficient (Wildman–Crippen LogP) is 6.09. The van der Waals surface area contributed by atoms with Crippen LogP contribution in [0.1, 0.15) is 68.3 Å². The maximum absolute atomic E-state index is 14.3. The number of benzene rings is 2. The first-order valence-corrected chi connectivity index (χ1v) is 17.1. The number of nitrogens with zero attached hydrogens (tertiary/aromatic N) is 5. The average molecular weight is 659 g/mol. The van der Waals surface area contributed by atoms with Crippen molar-refractivity contribution in [2.75, 3.05) is 18.4 Å². The van der Waals surface area contributed by atoms with E-state index >= 15 is 0 Å². The minimum Gasteiger partial charge on any atom is -0.496 e. The summed E-state index contributed by atoms with van der Waals surface area (Å²) in [5, 5.41) is 0. The lowest BCUT2D eigenvalue weighted by molar-refractivity contribution is 0.0505. The van der Waals surface area contributed by atoms with Crippen LogP contribution in [0.15, 0.2) is 65.8 Å². The molecule has 248 valence electrons. The van der Waals surface area contributed by atoms with Gasteiger partial charge in [-0.3, -0.25) is 4.79 Å². The summed E-state index contributed by atoms with van der Waals surface area (Å²) in [5.74, 6) is 1.10. The summed E-state index contributed by atoms with van der Waals surface area (Å²) in [5.41, 5.74) is 2.99. The van der Waals surface area contributed by atoms with Gasteiger partial charge in [-0.1, -0.05) is 52.8 Å². The van der Waals surface area contributed by atoms with E-state index in [1.165, 1.54) is 12.1 Å². The summed E-state index contributed by atoms with van der Waals surface area (Å²) in [4.78, 5) is 34.1. The van der Waals surface area contributed by atoms with Gasteiger partial charge in [0.1, 0.15) is 18.2 Å². The molecule has 5 rings (SSSR count). The summed E-state index contributed by atoms with van der Waals surface area (Å²) < 4.78 is 41.7. The molecular formula is C35H42N6O5S. The van der Waals surface area contributed by atoms with Gasteiger partial charge in [0.2, 0.25) is 11.8 Å². The van der Waals surface area contributed by atoms with E-state index in [4.69, 9.17) is 9.47 Å². The minimum atomic E-state index is -4.20. The molecule has 3 heterocycles. The van der Waals surface area contributed by atoms with Gasteiger partial charge >= 0.3 is 0 Å². The highest BCUT2D eigenvalue weighted by Crippen LogP contribution is 2.35. The molecule has 4 aromatic rings. The Labute approximate surface area is 276 Å². The number of sulfonamides is 1. The number of anilines is 1. The Bertz CT molecular complexity index is 1860. The topological polar surface area (TPSA) is 136 Å². The monoisotopic (exact) mass is 658 g/mol. The Morgan fingerprint density at radius 3 is 2.47 bits per heavy atom. The minimum absolute atomic E-state index is 0.0711. The maximum Gasteiger partial charge on any atom is 0.264 e. The fourth-order valence-electron chi connectivity index (χ4n) is 5.66. The molecule has 1 N–H and O–H groups in total. The maximum atomic E-state index is 14.3. The van der Waals surface area contributed by atoms with Gasteiger partial charge in [0.05, 0.1) is 30.3 Å². The quantitative estimate of drug-likeness (QED) is 0.250. The van der Waals surface area contributed by atoms with Crippen LogP contribution in [0.3, 0.4) is 0 Å². The number of rotatable bonds is 7. The van der Waals surface area contributed by atoms with Crippen molar-refractivity contribution in [2.24, 2.45) is 11.3 Å². The second-order valence-corrected chi connectivity index (χ2v) is 15.2. The molecule has 4 bridgehead atoms. The first kappa shape index (κ1) is 33.8. The highest BCUT2D eigenvalue weighted by atomic mass is 32.2. The smallest absolute Gasteiger partial charge is 0.264 e. The second kappa shape index (κ2) is 13.6. The van der Waals surface area contributed by atoms with Crippen molar-refractivity contribution in [3.63, 3.8) is 0 Å². The average Bonchev–Trinajstić information content (AvgIpc) is 3.01. The van der Waals surface area contributed by atoms with Gasteiger partial charge in [-0.05, 0) is 66.5 Å². The fourth-order valence-corrected chi connectivity index (χ4v) is 6.65.